The van der Waals surface area contributed by atoms with E-state index in [2.05, 4.69) is 35.0 Å². The fourth-order valence-electron chi connectivity index (χ4n) is 3.53. The Bertz CT molecular complexity index is 1050. The molecule has 0 saturated carbocycles. The topological polar surface area (TPSA) is 103 Å². The Morgan fingerprint density at radius 1 is 1.21 bits per heavy atom. The van der Waals surface area contributed by atoms with Crippen LogP contribution in [0.25, 0.3) is 10.2 Å². The second-order valence-corrected chi connectivity index (χ2v) is 8.60. The molecule has 0 aliphatic carbocycles. The van der Waals surface area contributed by atoms with Crippen molar-refractivity contribution in [2.24, 2.45) is 0 Å². The highest BCUT2D eigenvalue weighted by Gasteiger charge is 2.27. The Morgan fingerprint density at radius 2 is 1.97 bits per heavy atom. The summed E-state index contributed by atoms with van der Waals surface area (Å²) in [6.45, 7) is 3.75. The Morgan fingerprint density at radius 3 is 2.67 bits per heavy atom. The molecule has 8 nitrogen and oxygen atoms in total. The number of likely N-dealkylation sites (tertiary alicyclic amines) is 1. The van der Waals surface area contributed by atoms with Crippen LogP contribution in [0.5, 0.6) is 5.75 Å². The summed E-state index contributed by atoms with van der Waals surface area (Å²) >= 11 is 1.76. The molecular formula is C23H26FN3O5S. The van der Waals surface area contributed by atoms with Crippen LogP contribution < -0.4 is 9.64 Å². The van der Waals surface area contributed by atoms with Crippen LogP contribution in [-0.4, -0.2) is 71.4 Å². The molecular weight excluding hydrogens is 449 g/mol. The number of likely N-dealkylation sites (N-methyl/N-ethyl adjacent to an activating group) is 1. The van der Waals surface area contributed by atoms with E-state index in [1.54, 1.807) is 23.5 Å². The first kappa shape index (κ1) is 24.4. The van der Waals surface area contributed by atoms with Crippen LogP contribution in [0.3, 0.4) is 0 Å². The van der Waals surface area contributed by atoms with Crippen molar-refractivity contribution in [3.05, 3.63) is 54.3 Å². The number of thiazole rings is 1. The zero-order valence-electron chi connectivity index (χ0n) is 18.2. The summed E-state index contributed by atoms with van der Waals surface area (Å²) in [6.07, 6.45) is 2.09. The molecule has 2 aromatic carbocycles. The summed E-state index contributed by atoms with van der Waals surface area (Å²) < 4.78 is 20.0. The smallest absolute Gasteiger partial charge is 0.414 e. The van der Waals surface area contributed by atoms with Crippen LogP contribution in [0.15, 0.2) is 48.5 Å². The zero-order chi connectivity index (χ0) is 23.8. The van der Waals surface area contributed by atoms with Crippen LogP contribution >= 0.6 is 11.3 Å². The van der Waals surface area contributed by atoms with Gasteiger partial charge in [-0.25, -0.2) is 19.0 Å². The molecule has 4 rings (SSSR count). The van der Waals surface area contributed by atoms with Gasteiger partial charge < -0.3 is 24.7 Å². The monoisotopic (exact) mass is 475 g/mol. The summed E-state index contributed by atoms with van der Waals surface area (Å²) in [5.74, 6) is -3.30. The van der Waals surface area contributed by atoms with Crippen molar-refractivity contribution in [2.45, 2.75) is 18.9 Å². The van der Waals surface area contributed by atoms with Crippen LogP contribution in [0, 0.1) is 5.82 Å². The van der Waals surface area contributed by atoms with Gasteiger partial charge in [0.1, 0.15) is 11.6 Å². The van der Waals surface area contributed by atoms with Gasteiger partial charge in [-0.15, -0.1) is 0 Å². The van der Waals surface area contributed by atoms with Crippen LogP contribution in [0.4, 0.5) is 9.52 Å². The maximum atomic E-state index is 13.2. The number of ether oxygens (including phenoxy) is 1. The van der Waals surface area contributed by atoms with E-state index >= 15 is 0 Å². The first-order valence-corrected chi connectivity index (χ1v) is 11.3. The molecule has 0 bridgehead atoms. The second kappa shape index (κ2) is 11.6. The number of aliphatic carboxylic acids is 2. The predicted molar refractivity (Wildman–Crippen MR) is 125 cm³/mol. The summed E-state index contributed by atoms with van der Waals surface area (Å²) in [6, 6.07) is 15.1. The number of aromatic nitrogens is 1. The molecule has 10 heteroatoms. The predicted octanol–water partition coefficient (Wildman–Crippen LogP) is 3.57. The van der Waals surface area contributed by atoms with Gasteiger partial charge in [0.2, 0.25) is 0 Å². The number of carbonyl (C=O) groups is 2. The lowest BCUT2D eigenvalue weighted by molar-refractivity contribution is -0.159. The third-order valence-electron chi connectivity index (χ3n) is 5.25. The van der Waals surface area contributed by atoms with Crippen LogP contribution in [-0.2, 0) is 9.59 Å². The maximum absolute atomic E-state index is 13.2. The molecule has 0 spiro atoms. The van der Waals surface area contributed by atoms with Crippen molar-refractivity contribution < 1.29 is 28.9 Å². The minimum atomic E-state index is -1.82. The minimum absolute atomic E-state index is 0.257. The number of carboxylic acids is 2. The molecule has 0 radical (unpaired) electrons. The molecule has 2 heterocycles. The Kier molecular flexibility index (Phi) is 8.56. The van der Waals surface area contributed by atoms with Gasteiger partial charge in [-0.2, -0.15) is 0 Å². The molecule has 176 valence electrons. The van der Waals surface area contributed by atoms with Crippen molar-refractivity contribution in [1.82, 2.24) is 9.88 Å². The first-order chi connectivity index (χ1) is 15.8. The number of hydrogen-bond acceptors (Lipinski definition) is 7. The van der Waals surface area contributed by atoms with Gasteiger partial charge in [0.05, 0.1) is 16.8 Å². The lowest BCUT2D eigenvalue weighted by Gasteiger charge is -2.24. The minimum Gasteiger partial charge on any atom is -0.493 e. The van der Waals surface area contributed by atoms with Gasteiger partial charge in [-0.3, -0.25) is 0 Å². The summed E-state index contributed by atoms with van der Waals surface area (Å²) in [5, 5.41) is 15.9. The van der Waals surface area contributed by atoms with E-state index in [0.29, 0.717) is 18.4 Å². The van der Waals surface area contributed by atoms with E-state index < -0.39 is 11.9 Å². The molecule has 33 heavy (non-hydrogen) atoms. The summed E-state index contributed by atoms with van der Waals surface area (Å²) in [4.78, 5) is 27.8. The van der Waals surface area contributed by atoms with Gasteiger partial charge in [0.25, 0.3) is 0 Å². The Hall–Kier alpha value is -3.24. The zero-order valence-corrected chi connectivity index (χ0v) is 19.0. The normalized spacial score (nSPS) is 15.6. The molecule has 1 atom stereocenters. The number of carboxylic acid groups (broad SMARTS) is 2. The summed E-state index contributed by atoms with van der Waals surface area (Å²) in [7, 11) is 2.15. The van der Waals surface area contributed by atoms with Gasteiger partial charge in [-0.1, -0.05) is 29.5 Å². The third-order valence-corrected chi connectivity index (χ3v) is 6.37. The quantitative estimate of drug-likeness (QED) is 0.395. The van der Waals surface area contributed by atoms with E-state index in [9.17, 15) is 4.39 Å². The van der Waals surface area contributed by atoms with Gasteiger partial charge in [0.15, 0.2) is 5.13 Å². The molecule has 1 saturated heterocycles. The van der Waals surface area contributed by atoms with E-state index in [0.717, 1.165) is 43.1 Å². The molecule has 0 amide bonds. The number of nitrogens with zero attached hydrogens (tertiary/aromatic N) is 3. The maximum Gasteiger partial charge on any atom is 0.414 e. The van der Waals surface area contributed by atoms with E-state index in [-0.39, 0.29) is 5.82 Å². The van der Waals surface area contributed by atoms with Gasteiger partial charge in [0, 0.05) is 38.8 Å². The molecule has 1 aliphatic heterocycles. The van der Waals surface area contributed by atoms with E-state index in [1.165, 1.54) is 16.8 Å². The highest BCUT2D eigenvalue weighted by molar-refractivity contribution is 7.22. The fraction of sp³-hybridized carbons (Fsp3) is 0.348. The number of halogens is 1. The van der Waals surface area contributed by atoms with Gasteiger partial charge >= 0.3 is 11.9 Å². The number of para-hydroxylation sites is 1. The number of anilines is 1. The highest BCUT2D eigenvalue weighted by Crippen LogP contribution is 2.30. The first-order valence-electron chi connectivity index (χ1n) is 10.5. The number of benzene rings is 2. The van der Waals surface area contributed by atoms with Crippen molar-refractivity contribution in [3.63, 3.8) is 0 Å². The average Bonchev–Trinajstić information content (AvgIpc) is 3.44. The summed E-state index contributed by atoms with van der Waals surface area (Å²) in [5.41, 5.74) is 1.08. The second-order valence-electron chi connectivity index (χ2n) is 7.59. The third kappa shape index (κ3) is 7.13. The van der Waals surface area contributed by atoms with Crippen LogP contribution in [0.1, 0.15) is 12.8 Å². The molecule has 2 N–H and O–H groups in total. The number of hydrogen-bond donors (Lipinski definition) is 2. The Balaban J connectivity index is 0.000000454. The van der Waals surface area contributed by atoms with Gasteiger partial charge in [-0.05, 0) is 37.1 Å². The van der Waals surface area contributed by atoms with Crippen LogP contribution in [0.2, 0.25) is 0 Å². The fourth-order valence-corrected chi connectivity index (χ4v) is 4.53. The average molecular weight is 476 g/mol. The lowest BCUT2D eigenvalue weighted by Crippen LogP contribution is -2.34. The number of fused-ring (bicyclic) bond motifs is 1. The molecule has 1 fully saturated rings. The Labute approximate surface area is 194 Å². The van der Waals surface area contributed by atoms with Crippen molar-refractivity contribution in [2.75, 3.05) is 38.2 Å². The lowest BCUT2D eigenvalue weighted by atomic mass is 10.2. The van der Waals surface area contributed by atoms with E-state index in [4.69, 9.17) is 29.5 Å². The SMILES string of the molecule is CN(c1nc2ccccc2s1)C1CCN(CCCOc2cccc(F)c2)C1.O=C(O)C(=O)O. The van der Waals surface area contributed by atoms with Crippen molar-refractivity contribution >= 4 is 38.6 Å². The largest absolute Gasteiger partial charge is 0.493 e. The molecule has 1 aliphatic rings. The molecule has 1 aromatic heterocycles. The molecule has 3 aromatic rings. The van der Waals surface area contributed by atoms with E-state index in [1.807, 2.05) is 6.07 Å². The highest BCUT2D eigenvalue weighted by atomic mass is 32.1. The van der Waals surface area contributed by atoms with Crippen molar-refractivity contribution in [3.8, 4) is 5.75 Å². The molecule has 1 unspecified atom stereocenters. The standard InChI is InChI=1S/C21H24FN3OS.C2H2O4/c1-24(21-23-19-8-2-3-9-20(19)27-21)17-10-12-25(15-17)11-5-13-26-18-7-4-6-16(22)14-18;3-1(4)2(5)6/h2-4,6-9,14,17H,5,10-13,15H2,1H3;(H,3,4)(H,5,6). The number of rotatable bonds is 7. The van der Waals surface area contributed by atoms with Crippen molar-refractivity contribution in [1.29, 1.82) is 0 Å².